The number of thiophene rings is 1. The van der Waals surface area contributed by atoms with Crippen LogP contribution in [0.2, 0.25) is 5.02 Å². The lowest BCUT2D eigenvalue weighted by atomic mass is 10.2. The van der Waals surface area contributed by atoms with Gasteiger partial charge in [0, 0.05) is 23.6 Å². The Morgan fingerprint density at radius 3 is 2.89 bits per heavy atom. The van der Waals surface area contributed by atoms with Crippen molar-refractivity contribution in [1.82, 2.24) is 4.57 Å². The van der Waals surface area contributed by atoms with Gasteiger partial charge in [0.2, 0.25) is 0 Å². The number of carboxylic acid groups (broad SMARTS) is 1. The van der Waals surface area contributed by atoms with E-state index in [1.54, 1.807) is 5.38 Å². The summed E-state index contributed by atoms with van der Waals surface area (Å²) in [5.41, 5.74) is 1.81. The maximum absolute atomic E-state index is 11.1. The SMILES string of the molecule is O=C(O)c1sccc1Cn1cc(Cl)c2ccccc21. The quantitative estimate of drug-likeness (QED) is 0.789. The average Bonchev–Trinajstić information content (AvgIpc) is 2.97. The molecule has 5 heteroatoms. The molecule has 0 spiro atoms. The van der Waals surface area contributed by atoms with Gasteiger partial charge >= 0.3 is 5.97 Å². The highest BCUT2D eigenvalue weighted by atomic mass is 35.5. The molecule has 0 saturated carbocycles. The van der Waals surface area contributed by atoms with E-state index in [2.05, 4.69) is 0 Å². The molecule has 0 unspecified atom stereocenters. The van der Waals surface area contributed by atoms with E-state index in [9.17, 15) is 4.79 Å². The first kappa shape index (κ1) is 12.3. The van der Waals surface area contributed by atoms with Crippen molar-refractivity contribution in [2.45, 2.75) is 6.54 Å². The number of carboxylic acids is 1. The molecule has 0 amide bonds. The van der Waals surface area contributed by atoms with E-state index in [0.717, 1.165) is 16.5 Å². The van der Waals surface area contributed by atoms with Crippen LogP contribution in [0.1, 0.15) is 15.2 Å². The lowest BCUT2D eigenvalue weighted by Crippen LogP contribution is -2.02. The largest absolute Gasteiger partial charge is 0.477 e. The number of para-hydroxylation sites is 1. The predicted octanol–water partition coefficient (Wildman–Crippen LogP) is 4.10. The monoisotopic (exact) mass is 291 g/mol. The highest BCUT2D eigenvalue weighted by Crippen LogP contribution is 2.27. The van der Waals surface area contributed by atoms with Crippen LogP contribution in [0.5, 0.6) is 0 Å². The normalized spacial score (nSPS) is 11.0. The zero-order valence-electron chi connectivity index (χ0n) is 9.84. The zero-order chi connectivity index (χ0) is 13.4. The Morgan fingerprint density at radius 2 is 2.11 bits per heavy atom. The summed E-state index contributed by atoms with van der Waals surface area (Å²) >= 11 is 7.43. The van der Waals surface area contributed by atoms with Crippen molar-refractivity contribution in [2.24, 2.45) is 0 Å². The van der Waals surface area contributed by atoms with Crippen LogP contribution in [0.4, 0.5) is 0 Å². The molecule has 0 aliphatic carbocycles. The third-order valence-corrected chi connectivity index (χ3v) is 4.27. The third kappa shape index (κ3) is 2.13. The Hall–Kier alpha value is -1.78. The van der Waals surface area contributed by atoms with Gasteiger partial charge in [-0.2, -0.15) is 0 Å². The van der Waals surface area contributed by atoms with Gasteiger partial charge in [0.25, 0.3) is 0 Å². The van der Waals surface area contributed by atoms with Crippen LogP contribution in [0.3, 0.4) is 0 Å². The molecular formula is C14H10ClNO2S. The highest BCUT2D eigenvalue weighted by molar-refractivity contribution is 7.12. The number of hydrogen-bond donors (Lipinski definition) is 1. The van der Waals surface area contributed by atoms with E-state index in [1.807, 2.05) is 41.1 Å². The molecule has 3 aromatic rings. The van der Waals surface area contributed by atoms with E-state index in [4.69, 9.17) is 16.7 Å². The van der Waals surface area contributed by atoms with Crippen LogP contribution in [0, 0.1) is 0 Å². The molecule has 0 radical (unpaired) electrons. The van der Waals surface area contributed by atoms with Gasteiger partial charge in [0.15, 0.2) is 0 Å². The second kappa shape index (κ2) is 4.72. The maximum Gasteiger partial charge on any atom is 0.346 e. The van der Waals surface area contributed by atoms with Crippen molar-refractivity contribution in [1.29, 1.82) is 0 Å². The molecule has 0 fully saturated rings. The molecule has 19 heavy (non-hydrogen) atoms. The Kier molecular flexibility index (Phi) is 3.05. The van der Waals surface area contributed by atoms with E-state index in [0.29, 0.717) is 16.4 Å². The number of aromatic carboxylic acids is 1. The number of hydrogen-bond acceptors (Lipinski definition) is 2. The van der Waals surface area contributed by atoms with E-state index in [-0.39, 0.29) is 0 Å². The van der Waals surface area contributed by atoms with Crippen LogP contribution in [0.15, 0.2) is 41.9 Å². The molecule has 1 N–H and O–H groups in total. The van der Waals surface area contributed by atoms with Gasteiger partial charge in [-0.1, -0.05) is 29.8 Å². The van der Waals surface area contributed by atoms with Crippen molar-refractivity contribution in [3.63, 3.8) is 0 Å². The second-order valence-electron chi connectivity index (χ2n) is 4.20. The number of benzene rings is 1. The average molecular weight is 292 g/mol. The molecule has 0 saturated heterocycles. The van der Waals surface area contributed by atoms with Gasteiger partial charge in [0.05, 0.1) is 5.02 Å². The minimum Gasteiger partial charge on any atom is -0.477 e. The summed E-state index contributed by atoms with van der Waals surface area (Å²) in [6.07, 6.45) is 1.84. The molecule has 0 atom stereocenters. The number of nitrogens with zero attached hydrogens (tertiary/aromatic N) is 1. The summed E-state index contributed by atoms with van der Waals surface area (Å²) < 4.78 is 1.98. The molecule has 0 aliphatic rings. The Bertz CT molecular complexity index is 760. The van der Waals surface area contributed by atoms with Crippen LogP contribution in [0.25, 0.3) is 10.9 Å². The van der Waals surface area contributed by atoms with Gasteiger partial charge in [-0.25, -0.2) is 4.79 Å². The second-order valence-corrected chi connectivity index (χ2v) is 5.53. The first-order valence-electron chi connectivity index (χ1n) is 5.70. The maximum atomic E-state index is 11.1. The van der Waals surface area contributed by atoms with Crippen LogP contribution >= 0.6 is 22.9 Å². The Balaban J connectivity index is 2.06. The van der Waals surface area contributed by atoms with E-state index >= 15 is 0 Å². The molecule has 3 rings (SSSR count). The van der Waals surface area contributed by atoms with Gasteiger partial charge in [-0.3, -0.25) is 0 Å². The molecule has 0 bridgehead atoms. The highest BCUT2D eigenvalue weighted by Gasteiger charge is 2.13. The Morgan fingerprint density at radius 1 is 1.32 bits per heavy atom. The molecule has 0 aliphatic heterocycles. The number of rotatable bonds is 3. The van der Waals surface area contributed by atoms with Crippen LogP contribution in [-0.4, -0.2) is 15.6 Å². The van der Waals surface area contributed by atoms with E-state index in [1.165, 1.54) is 11.3 Å². The van der Waals surface area contributed by atoms with Crippen LogP contribution < -0.4 is 0 Å². The minimum absolute atomic E-state index is 0.383. The number of carbonyl (C=O) groups is 1. The summed E-state index contributed by atoms with van der Waals surface area (Å²) in [4.78, 5) is 11.5. The molecular weight excluding hydrogens is 282 g/mol. The third-order valence-electron chi connectivity index (χ3n) is 3.02. The standard InChI is InChI=1S/C14H10ClNO2S/c15-11-8-16(12-4-2-1-3-10(11)12)7-9-5-6-19-13(9)14(17)18/h1-6,8H,7H2,(H,17,18). The topological polar surface area (TPSA) is 42.2 Å². The molecule has 96 valence electrons. The first-order valence-corrected chi connectivity index (χ1v) is 6.95. The van der Waals surface area contributed by atoms with Gasteiger partial charge in [-0.15, -0.1) is 11.3 Å². The van der Waals surface area contributed by atoms with Gasteiger partial charge in [-0.05, 0) is 23.1 Å². The first-order chi connectivity index (χ1) is 9.16. The summed E-state index contributed by atoms with van der Waals surface area (Å²) in [5.74, 6) is -0.882. The fourth-order valence-electron chi connectivity index (χ4n) is 2.16. The van der Waals surface area contributed by atoms with Crippen molar-refractivity contribution >= 4 is 39.8 Å². The van der Waals surface area contributed by atoms with Crippen molar-refractivity contribution < 1.29 is 9.90 Å². The van der Waals surface area contributed by atoms with Crippen LogP contribution in [-0.2, 0) is 6.54 Å². The van der Waals surface area contributed by atoms with E-state index < -0.39 is 5.97 Å². The number of halogens is 1. The van der Waals surface area contributed by atoms with Gasteiger partial charge < -0.3 is 9.67 Å². The molecule has 1 aromatic carbocycles. The van der Waals surface area contributed by atoms with Crippen molar-refractivity contribution in [3.05, 3.63) is 57.4 Å². The lowest BCUT2D eigenvalue weighted by molar-refractivity contribution is 0.0701. The zero-order valence-corrected chi connectivity index (χ0v) is 11.4. The van der Waals surface area contributed by atoms with Gasteiger partial charge in [0.1, 0.15) is 4.88 Å². The summed E-state index contributed by atoms with van der Waals surface area (Å²) in [6, 6.07) is 9.66. The summed E-state index contributed by atoms with van der Waals surface area (Å²) in [7, 11) is 0. The fourth-order valence-corrected chi connectivity index (χ4v) is 3.19. The summed E-state index contributed by atoms with van der Waals surface area (Å²) in [5, 5.41) is 12.6. The minimum atomic E-state index is -0.882. The predicted molar refractivity (Wildman–Crippen MR) is 77.3 cm³/mol. The van der Waals surface area contributed by atoms with Crippen molar-refractivity contribution in [2.75, 3.05) is 0 Å². The van der Waals surface area contributed by atoms with Crippen molar-refractivity contribution in [3.8, 4) is 0 Å². The Labute approximate surface area is 118 Å². The lowest BCUT2D eigenvalue weighted by Gasteiger charge is -2.04. The molecule has 3 nitrogen and oxygen atoms in total. The fraction of sp³-hybridized carbons (Fsp3) is 0.0714. The summed E-state index contributed by atoms with van der Waals surface area (Å²) in [6.45, 7) is 0.512. The number of aromatic nitrogens is 1. The smallest absolute Gasteiger partial charge is 0.346 e. The molecule has 2 heterocycles. The molecule has 2 aromatic heterocycles. The number of fused-ring (bicyclic) bond motifs is 1.